The molecule has 3 rings (SSSR count). The van der Waals surface area contributed by atoms with E-state index in [-0.39, 0.29) is 6.04 Å². The summed E-state index contributed by atoms with van der Waals surface area (Å²) in [6.45, 7) is 5.53. The van der Waals surface area contributed by atoms with Crippen LogP contribution in [0.25, 0.3) is 11.3 Å². The SMILES string of the molecule is CCOc1ccc(-c2cc(CN[C@H](C)c3ccccc3)ccc2OC)nc1. The number of nitrogens with zero attached hydrogens (tertiary/aromatic N) is 1. The fraction of sp³-hybridized carbons (Fsp3) is 0.261. The summed E-state index contributed by atoms with van der Waals surface area (Å²) in [4.78, 5) is 4.53. The van der Waals surface area contributed by atoms with Crippen molar-refractivity contribution >= 4 is 0 Å². The molecule has 27 heavy (non-hydrogen) atoms. The summed E-state index contributed by atoms with van der Waals surface area (Å²) in [5.41, 5.74) is 4.31. The highest BCUT2D eigenvalue weighted by atomic mass is 16.5. The van der Waals surface area contributed by atoms with Crippen LogP contribution in [0.2, 0.25) is 0 Å². The molecule has 0 amide bonds. The minimum Gasteiger partial charge on any atom is -0.496 e. The van der Waals surface area contributed by atoms with E-state index in [0.29, 0.717) is 6.61 Å². The highest BCUT2D eigenvalue weighted by Gasteiger charge is 2.10. The Kier molecular flexibility index (Phi) is 6.44. The summed E-state index contributed by atoms with van der Waals surface area (Å²) in [5.74, 6) is 1.58. The fourth-order valence-electron chi connectivity index (χ4n) is 2.99. The first kappa shape index (κ1) is 18.9. The second kappa shape index (κ2) is 9.19. The van der Waals surface area contributed by atoms with Gasteiger partial charge in [0.15, 0.2) is 0 Å². The largest absolute Gasteiger partial charge is 0.496 e. The highest BCUT2D eigenvalue weighted by Crippen LogP contribution is 2.30. The van der Waals surface area contributed by atoms with Gasteiger partial charge in [-0.05, 0) is 49.2 Å². The molecule has 0 saturated heterocycles. The van der Waals surface area contributed by atoms with Gasteiger partial charge in [-0.3, -0.25) is 4.98 Å². The van der Waals surface area contributed by atoms with Crippen molar-refractivity contribution < 1.29 is 9.47 Å². The molecule has 0 aliphatic rings. The van der Waals surface area contributed by atoms with Crippen LogP contribution in [-0.2, 0) is 6.54 Å². The van der Waals surface area contributed by atoms with Crippen molar-refractivity contribution in [3.05, 3.63) is 78.0 Å². The first-order valence-corrected chi connectivity index (χ1v) is 9.25. The zero-order valence-electron chi connectivity index (χ0n) is 16.1. The van der Waals surface area contributed by atoms with Gasteiger partial charge in [-0.1, -0.05) is 36.4 Å². The highest BCUT2D eigenvalue weighted by molar-refractivity contribution is 5.68. The summed E-state index contributed by atoms with van der Waals surface area (Å²) >= 11 is 0. The van der Waals surface area contributed by atoms with Gasteiger partial charge in [-0.15, -0.1) is 0 Å². The van der Waals surface area contributed by atoms with E-state index in [9.17, 15) is 0 Å². The van der Waals surface area contributed by atoms with Crippen molar-refractivity contribution in [2.24, 2.45) is 0 Å². The van der Waals surface area contributed by atoms with Crippen LogP contribution in [0.5, 0.6) is 11.5 Å². The minimum absolute atomic E-state index is 0.278. The van der Waals surface area contributed by atoms with E-state index in [1.54, 1.807) is 13.3 Å². The average Bonchev–Trinajstić information content (AvgIpc) is 2.73. The van der Waals surface area contributed by atoms with E-state index in [2.05, 4.69) is 53.6 Å². The van der Waals surface area contributed by atoms with Crippen LogP contribution in [-0.4, -0.2) is 18.7 Å². The van der Waals surface area contributed by atoms with Crippen LogP contribution < -0.4 is 14.8 Å². The van der Waals surface area contributed by atoms with E-state index in [1.165, 1.54) is 11.1 Å². The molecule has 140 valence electrons. The third-order valence-corrected chi connectivity index (χ3v) is 4.50. The lowest BCUT2D eigenvalue weighted by Gasteiger charge is -2.16. The summed E-state index contributed by atoms with van der Waals surface area (Å²) in [6, 6.07) is 20.8. The Morgan fingerprint density at radius 1 is 1.04 bits per heavy atom. The topological polar surface area (TPSA) is 43.4 Å². The third-order valence-electron chi connectivity index (χ3n) is 4.50. The smallest absolute Gasteiger partial charge is 0.137 e. The molecule has 4 heteroatoms. The van der Waals surface area contributed by atoms with E-state index >= 15 is 0 Å². The lowest BCUT2D eigenvalue weighted by Crippen LogP contribution is -2.18. The van der Waals surface area contributed by atoms with Gasteiger partial charge >= 0.3 is 0 Å². The number of hydrogen-bond acceptors (Lipinski definition) is 4. The predicted molar refractivity (Wildman–Crippen MR) is 109 cm³/mol. The zero-order chi connectivity index (χ0) is 19.1. The first-order valence-electron chi connectivity index (χ1n) is 9.25. The summed E-state index contributed by atoms with van der Waals surface area (Å²) in [7, 11) is 1.68. The van der Waals surface area contributed by atoms with E-state index in [1.807, 2.05) is 31.2 Å². The molecule has 0 aliphatic heterocycles. The van der Waals surface area contributed by atoms with Crippen molar-refractivity contribution in [1.82, 2.24) is 10.3 Å². The van der Waals surface area contributed by atoms with Crippen molar-refractivity contribution in [2.75, 3.05) is 13.7 Å². The normalized spacial score (nSPS) is 11.8. The average molecular weight is 362 g/mol. The Labute approximate surface area is 161 Å². The maximum atomic E-state index is 5.54. The van der Waals surface area contributed by atoms with E-state index in [0.717, 1.165) is 29.3 Å². The maximum Gasteiger partial charge on any atom is 0.137 e. The minimum atomic E-state index is 0.278. The molecule has 3 aromatic rings. The summed E-state index contributed by atoms with van der Waals surface area (Å²) < 4.78 is 11.0. The number of aromatic nitrogens is 1. The molecule has 0 spiro atoms. The molecule has 0 aliphatic carbocycles. The standard InChI is InChI=1S/C23H26N2O2/c1-4-27-20-11-12-22(25-16-20)21-14-18(10-13-23(21)26-3)15-24-17(2)19-8-6-5-7-9-19/h5-14,16-17,24H,4,15H2,1-3H3/t17-/m1/s1. The molecule has 4 nitrogen and oxygen atoms in total. The number of benzene rings is 2. The van der Waals surface area contributed by atoms with Crippen LogP contribution >= 0.6 is 0 Å². The molecule has 1 N–H and O–H groups in total. The Morgan fingerprint density at radius 2 is 1.85 bits per heavy atom. The van der Waals surface area contributed by atoms with Crippen LogP contribution in [0.4, 0.5) is 0 Å². The predicted octanol–water partition coefficient (Wildman–Crippen LogP) is 5.01. The number of rotatable bonds is 8. The molecule has 0 bridgehead atoms. The Balaban J connectivity index is 1.77. The van der Waals surface area contributed by atoms with Gasteiger partial charge in [0, 0.05) is 18.2 Å². The van der Waals surface area contributed by atoms with Crippen molar-refractivity contribution in [1.29, 1.82) is 0 Å². The van der Waals surface area contributed by atoms with Gasteiger partial charge in [0.05, 0.1) is 25.6 Å². The molecule has 0 unspecified atom stereocenters. The molecule has 0 radical (unpaired) electrons. The second-order valence-corrected chi connectivity index (χ2v) is 6.36. The molecule has 0 saturated carbocycles. The lowest BCUT2D eigenvalue weighted by atomic mass is 10.0. The van der Waals surface area contributed by atoms with Crippen molar-refractivity contribution in [3.63, 3.8) is 0 Å². The quantitative estimate of drug-likeness (QED) is 0.612. The van der Waals surface area contributed by atoms with Crippen molar-refractivity contribution in [3.8, 4) is 22.8 Å². The van der Waals surface area contributed by atoms with Gasteiger partial charge < -0.3 is 14.8 Å². The number of nitrogens with one attached hydrogen (secondary N) is 1. The number of pyridine rings is 1. The molecular formula is C23H26N2O2. The maximum absolute atomic E-state index is 5.54. The molecular weight excluding hydrogens is 336 g/mol. The van der Waals surface area contributed by atoms with Gasteiger partial charge in [0.25, 0.3) is 0 Å². The Morgan fingerprint density at radius 3 is 2.52 bits per heavy atom. The lowest BCUT2D eigenvalue weighted by molar-refractivity contribution is 0.339. The van der Waals surface area contributed by atoms with Crippen LogP contribution in [0.1, 0.15) is 31.0 Å². The fourth-order valence-corrected chi connectivity index (χ4v) is 2.99. The molecule has 1 atom stereocenters. The van der Waals surface area contributed by atoms with Crippen LogP contribution in [0, 0.1) is 0 Å². The van der Waals surface area contributed by atoms with Gasteiger partial charge in [-0.25, -0.2) is 0 Å². The number of ether oxygens (including phenoxy) is 2. The monoisotopic (exact) mass is 362 g/mol. The Bertz CT molecular complexity index is 848. The Hall–Kier alpha value is -2.85. The van der Waals surface area contributed by atoms with E-state index in [4.69, 9.17) is 9.47 Å². The summed E-state index contributed by atoms with van der Waals surface area (Å²) in [5, 5.41) is 3.58. The second-order valence-electron chi connectivity index (χ2n) is 6.36. The third kappa shape index (κ3) is 4.86. The molecule has 1 aromatic heterocycles. The summed E-state index contributed by atoms with van der Waals surface area (Å²) in [6.07, 6.45) is 1.75. The van der Waals surface area contributed by atoms with Crippen LogP contribution in [0.15, 0.2) is 66.9 Å². The van der Waals surface area contributed by atoms with Crippen LogP contribution in [0.3, 0.4) is 0 Å². The zero-order valence-corrected chi connectivity index (χ0v) is 16.1. The van der Waals surface area contributed by atoms with E-state index < -0.39 is 0 Å². The van der Waals surface area contributed by atoms with Gasteiger partial charge in [0.2, 0.25) is 0 Å². The number of hydrogen-bond donors (Lipinski definition) is 1. The molecule has 2 aromatic carbocycles. The number of methoxy groups -OCH3 is 1. The van der Waals surface area contributed by atoms with Gasteiger partial charge in [-0.2, -0.15) is 0 Å². The van der Waals surface area contributed by atoms with Crippen molar-refractivity contribution in [2.45, 2.75) is 26.4 Å². The molecule has 0 fully saturated rings. The first-order chi connectivity index (χ1) is 13.2. The molecule has 1 heterocycles. The van der Waals surface area contributed by atoms with Gasteiger partial charge in [0.1, 0.15) is 11.5 Å².